The lowest BCUT2D eigenvalue weighted by Crippen LogP contribution is -2.28. The van der Waals surface area contributed by atoms with E-state index in [1.54, 1.807) is 6.07 Å². The van der Waals surface area contributed by atoms with Crippen molar-refractivity contribution < 1.29 is 14.6 Å². The molecule has 4 nitrogen and oxygen atoms in total. The van der Waals surface area contributed by atoms with E-state index >= 15 is 0 Å². The second-order valence-electron chi connectivity index (χ2n) is 4.37. The van der Waals surface area contributed by atoms with Crippen molar-refractivity contribution in [1.29, 1.82) is 0 Å². The standard InChI is InChI=1S/C13H19NO3/c1-10(9-14(2)3)17-12-7-5-4-6-11(12)8-13(15)16/h4-7,10H,8-9H2,1-3H3,(H,15,16). The topological polar surface area (TPSA) is 49.8 Å². The molecule has 1 atom stereocenters. The van der Waals surface area contributed by atoms with E-state index in [4.69, 9.17) is 9.84 Å². The van der Waals surface area contributed by atoms with E-state index in [1.165, 1.54) is 0 Å². The fourth-order valence-corrected chi connectivity index (χ4v) is 1.70. The molecule has 0 aliphatic carbocycles. The normalized spacial score (nSPS) is 12.5. The monoisotopic (exact) mass is 237 g/mol. The average Bonchev–Trinajstić information content (AvgIpc) is 2.18. The summed E-state index contributed by atoms with van der Waals surface area (Å²) in [5, 5.41) is 8.81. The van der Waals surface area contributed by atoms with Crippen molar-refractivity contribution in [3.63, 3.8) is 0 Å². The first-order valence-corrected chi connectivity index (χ1v) is 5.60. The van der Waals surface area contributed by atoms with E-state index in [2.05, 4.69) is 0 Å². The summed E-state index contributed by atoms with van der Waals surface area (Å²) in [7, 11) is 3.95. The lowest BCUT2D eigenvalue weighted by Gasteiger charge is -2.20. The van der Waals surface area contributed by atoms with Crippen LogP contribution in [0, 0.1) is 0 Å². The molecule has 17 heavy (non-hydrogen) atoms. The minimum atomic E-state index is -0.846. The summed E-state index contributed by atoms with van der Waals surface area (Å²) in [4.78, 5) is 12.8. The van der Waals surface area contributed by atoms with E-state index < -0.39 is 5.97 Å². The Morgan fingerprint density at radius 3 is 2.65 bits per heavy atom. The number of carbonyl (C=O) groups is 1. The first-order valence-electron chi connectivity index (χ1n) is 5.60. The highest BCUT2D eigenvalue weighted by Crippen LogP contribution is 2.20. The van der Waals surface area contributed by atoms with Crippen LogP contribution in [-0.4, -0.2) is 42.7 Å². The minimum absolute atomic E-state index is 0.00907. The Hall–Kier alpha value is -1.55. The highest BCUT2D eigenvalue weighted by atomic mass is 16.5. The number of carboxylic acid groups (broad SMARTS) is 1. The van der Waals surface area contributed by atoms with E-state index in [0.29, 0.717) is 11.3 Å². The summed E-state index contributed by atoms with van der Waals surface area (Å²) >= 11 is 0. The molecule has 0 radical (unpaired) electrons. The molecule has 0 spiro atoms. The van der Waals surface area contributed by atoms with E-state index in [-0.39, 0.29) is 12.5 Å². The van der Waals surface area contributed by atoms with Crippen LogP contribution in [0.4, 0.5) is 0 Å². The Balaban J connectivity index is 2.72. The smallest absolute Gasteiger partial charge is 0.307 e. The van der Waals surface area contributed by atoms with Crippen LogP contribution in [0.2, 0.25) is 0 Å². The number of rotatable bonds is 6. The van der Waals surface area contributed by atoms with Crippen LogP contribution in [0.3, 0.4) is 0 Å². The van der Waals surface area contributed by atoms with Gasteiger partial charge in [-0.3, -0.25) is 4.79 Å². The van der Waals surface area contributed by atoms with Crippen LogP contribution in [0.1, 0.15) is 12.5 Å². The molecule has 4 heteroatoms. The Labute approximate surface area is 102 Å². The van der Waals surface area contributed by atoms with Crippen LogP contribution < -0.4 is 4.74 Å². The molecule has 0 bridgehead atoms. The van der Waals surface area contributed by atoms with Gasteiger partial charge in [0.25, 0.3) is 0 Å². The maximum Gasteiger partial charge on any atom is 0.307 e. The Morgan fingerprint density at radius 1 is 1.41 bits per heavy atom. The van der Waals surface area contributed by atoms with Crippen molar-refractivity contribution in [3.05, 3.63) is 29.8 Å². The van der Waals surface area contributed by atoms with Crippen molar-refractivity contribution in [3.8, 4) is 5.75 Å². The molecule has 0 aromatic heterocycles. The van der Waals surface area contributed by atoms with Crippen molar-refractivity contribution in [2.24, 2.45) is 0 Å². The molecule has 0 heterocycles. The second kappa shape index (κ2) is 6.25. The fourth-order valence-electron chi connectivity index (χ4n) is 1.70. The molecular formula is C13H19NO3. The zero-order valence-corrected chi connectivity index (χ0v) is 10.5. The highest BCUT2D eigenvalue weighted by Gasteiger charge is 2.11. The largest absolute Gasteiger partial charge is 0.489 e. The van der Waals surface area contributed by atoms with Gasteiger partial charge in [0, 0.05) is 12.1 Å². The Bertz CT molecular complexity index is 377. The summed E-state index contributed by atoms with van der Waals surface area (Å²) in [5.74, 6) is -0.189. The molecule has 1 unspecified atom stereocenters. The maximum atomic E-state index is 10.7. The summed E-state index contributed by atoms with van der Waals surface area (Å²) in [6.07, 6.45) is 0.0187. The molecule has 94 valence electrons. The van der Waals surface area contributed by atoms with Crippen molar-refractivity contribution in [1.82, 2.24) is 4.90 Å². The van der Waals surface area contributed by atoms with Crippen LogP contribution in [-0.2, 0) is 11.2 Å². The van der Waals surface area contributed by atoms with Crippen LogP contribution in [0.5, 0.6) is 5.75 Å². The first kappa shape index (κ1) is 13.5. The zero-order valence-electron chi connectivity index (χ0n) is 10.5. The van der Waals surface area contributed by atoms with E-state index in [9.17, 15) is 4.79 Å². The molecule has 0 aliphatic heterocycles. The first-order chi connectivity index (χ1) is 7.99. The van der Waals surface area contributed by atoms with Crippen molar-refractivity contribution >= 4 is 5.97 Å². The zero-order chi connectivity index (χ0) is 12.8. The SMILES string of the molecule is CC(CN(C)C)Oc1ccccc1CC(=O)O. The maximum absolute atomic E-state index is 10.7. The minimum Gasteiger partial charge on any atom is -0.489 e. The molecule has 0 amide bonds. The van der Waals surface area contributed by atoms with Gasteiger partial charge in [0.15, 0.2) is 0 Å². The van der Waals surface area contributed by atoms with Gasteiger partial charge >= 0.3 is 5.97 Å². The molecule has 1 N–H and O–H groups in total. The molecule has 0 saturated carbocycles. The molecule has 0 saturated heterocycles. The predicted molar refractivity (Wildman–Crippen MR) is 66.4 cm³/mol. The van der Waals surface area contributed by atoms with Gasteiger partial charge in [-0.2, -0.15) is 0 Å². The summed E-state index contributed by atoms with van der Waals surface area (Å²) < 4.78 is 5.75. The number of likely N-dealkylation sites (N-methyl/N-ethyl adjacent to an activating group) is 1. The van der Waals surface area contributed by atoms with E-state index in [1.807, 2.05) is 44.1 Å². The number of ether oxygens (including phenoxy) is 1. The molecule has 1 aromatic carbocycles. The lowest BCUT2D eigenvalue weighted by molar-refractivity contribution is -0.136. The van der Waals surface area contributed by atoms with Crippen molar-refractivity contribution in [2.45, 2.75) is 19.4 Å². The number of hydrogen-bond acceptors (Lipinski definition) is 3. The summed E-state index contributed by atoms with van der Waals surface area (Å²) in [6.45, 7) is 2.76. The van der Waals surface area contributed by atoms with Gasteiger partial charge in [0.05, 0.1) is 6.42 Å². The van der Waals surface area contributed by atoms with Crippen LogP contribution in [0.25, 0.3) is 0 Å². The number of hydrogen-bond donors (Lipinski definition) is 1. The van der Waals surface area contributed by atoms with Crippen LogP contribution in [0.15, 0.2) is 24.3 Å². The van der Waals surface area contributed by atoms with Gasteiger partial charge in [-0.05, 0) is 27.1 Å². The Morgan fingerprint density at radius 2 is 2.06 bits per heavy atom. The third kappa shape index (κ3) is 4.87. The predicted octanol–water partition coefficient (Wildman–Crippen LogP) is 1.64. The second-order valence-corrected chi connectivity index (χ2v) is 4.37. The fraction of sp³-hybridized carbons (Fsp3) is 0.462. The number of nitrogens with zero attached hydrogens (tertiary/aromatic N) is 1. The van der Waals surface area contributed by atoms with Crippen molar-refractivity contribution in [2.75, 3.05) is 20.6 Å². The quantitative estimate of drug-likeness (QED) is 0.817. The van der Waals surface area contributed by atoms with Gasteiger partial charge in [-0.1, -0.05) is 18.2 Å². The van der Waals surface area contributed by atoms with Crippen LogP contribution >= 0.6 is 0 Å². The number of para-hydroxylation sites is 1. The number of carboxylic acids is 1. The highest BCUT2D eigenvalue weighted by molar-refractivity contribution is 5.71. The summed E-state index contributed by atoms with van der Waals surface area (Å²) in [5.41, 5.74) is 0.714. The van der Waals surface area contributed by atoms with Gasteiger partial charge in [-0.15, -0.1) is 0 Å². The third-order valence-corrected chi connectivity index (χ3v) is 2.26. The lowest BCUT2D eigenvalue weighted by atomic mass is 10.1. The average molecular weight is 237 g/mol. The molecular weight excluding hydrogens is 218 g/mol. The van der Waals surface area contributed by atoms with Gasteiger partial charge < -0.3 is 14.7 Å². The molecule has 0 fully saturated rings. The molecule has 1 rings (SSSR count). The Kier molecular flexibility index (Phi) is 4.97. The molecule has 0 aliphatic rings. The van der Waals surface area contributed by atoms with Gasteiger partial charge in [0.1, 0.15) is 11.9 Å². The third-order valence-electron chi connectivity index (χ3n) is 2.26. The summed E-state index contributed by atoms with van der Waals surface area (Å²) in [6, 6.07) is 7.26. The molecule has 1 aromatic rings. The number of benzene rings is 1. The van der Waals surface area contributed by atoms with Gasteiger partial charge in [0.2, 0.25) is 0 Å². The number of aliphatic carboxylic acids is 1. The van der Waals surface area contributed by atoms with Gasteiger partial charge in [-0.25, -0.2) is 0 Å². The van der Waals surface area contributed by atoms with E-state index in [0.717, 1.165) is 6.54 Å².